The van der Waals surface area contributed by atoms with Gasteiger partial charge in [0.1, 0.15) is 5.75 Å². The molecule has 1 atom stereocenters. The van der Waals surface area contributed by atoms with Crippen molar-refractivity contribution < 1.29 is 9.84 Å². The molecule has 2 rings (SSSR count). The van der Waals surface area contributed by atoms with Crippen molar-refractivity contribution in [3.05, 3.63) is 41.0 Å². The second-order valence-corrected chi connectivity index (χ2v) is 6.42. The van der Waals surface area contributed by atoms with Crippen LogP contribution in [0.5, 0.6) is 5.75 Å². The molecule has 0 aliphatic heterocycles. The van der Waals surface area contributed by atoms with Gasteiger partial charge in [0.2, 0.25) is 0 Å². The van der Waals surface area contributed by atoms with Gasteiger partial charge < -0.3 is 9.84 Å². The van der Waals surface area contributed by atoms with Gasteiger partial charge in [0.05, 0.1) is 12.2 Å². The van der Waals surface area contributed by atoms with Crippen LogP contribution in [0.4, 0.5) is 0 Å². The van der Waals surface area contributed by atoms with Gasteiger partial charge in [-0.1, -0.05) is 23.8 Å². The monoisotopic (exact) mass is 288 g/mol. The minimum atomic E-state index is -0.376. The Labute approximate surface area is 128 Å². The molecule has 0 radical (unpaired) electrons. The molecule has 1 aromatic rings. The summed E-state index contributed by atoms with van der Waals surface area (Å²) in [6, 6.07) is 6.11. The van der Waals surface area contributed by atoms with Gasteiger partial charge in [-0.3, -0.25) is 0 Å². The van der Waals surface area contributed by atoms with Gasteiger partial charge in [-0.15, -0.1) is 0 Å². The SMILES string of the molecule is CC=C1CCC(C(O)c2ccc(C)c(OC(C)C)c2)CC1. The van der Waals surface area contributed by atoms with Crippen LogP contribution >= 0.6 is 0 Å². The average Bonchev–Trinajstić information content (AvgIpc) is 2.48. The summed E-state index contributed by atoms with van der Waals surface area (Å²) in [5.41, 5.74) is 3.65. The maximum absolute atomic E-state index is 10.7. The van der Waals surface area contributed by atoms with Gasteiger partial charge >= 0.3 is 0 Å². The zero-order chi connectivity index (χ0) is 15.4. The van der Waals surface area contributed by atoms with Crippen molar-refractivity contribution >= 4 is 0 Å². The smallest absolute Gasteiger partial charge is 0.122 e. The molecule has 1 aromatic carbocycles. The summed E-state index contributed by atoms with van der Waals surface area (Å²) >= 11 is 0. The van der Waals surface area contributed by atoms with Crippen LogP contribution in [0, 0.1) is 12.8 Å². The number of benzene rings is 1. The summed E-state index contributed by atoms with van der Waals surface area (Å²) in [6.07, 6.45) is 6.41. The number of hydrogen-bond acceptors (Lipinski definition) is 2. The number of rotatable bonds is 4. The third kappa shape index (κ3) is 4.10. The Morgan fingerprint density at radius 1 is 1.24 bits per heavy atom. The Bertz CT molecular complexity index is 492. The van der Waals surface area contributed by atoms with E-state index in [1.807, 2.05) is 32.9 Å². The fraction of sp³-hybridized carbons (Fsp3) is 0.579. The standard InChI is InChI=1S/C19H28O2/c1-5-15-7-10-16(11-8-15)19(20)17-9-6-14(4)18(12-17)21-13(2)3/h5-6,9,12-13,16,19-20H,7-8,10-11H2,1-4H3. The van der Waals surface area contributed by atoms with Crippen LogP contribution in [0.3, 0.4) is 0 Å². The van der Waals surface area contributed by atoms with Crippen molar-refractivity contribution in [2.75, 3.05) is 0 Å². The highest BCUT2D eigenvalue weighted by Gasteiger charge is 2.25. The van der Waals surface area contributed by atoms with E-state index in [2.05, 4.69) is 19.1 Å². The summed E-state index contributed by atoms with van der Waals surface area (Å²) in [5, 5.41) is 10.7. The maximum Gasteiger partial charge on any atom is 0.122 e. The first kappa shape index (κ1) is 16.1. The molecule has 0 amide bonds. The summed E-state index contributed by atoms with van der Waals surface area (Å²) < 4.78 is 5.84. The fourth-order valence-corrected chi connectivity index (χ4v) is 3.07. The van der Waals surface area contributed by atoms with Gasteiger partial charge in [-0.2, -0.15) is 0 Å². The van der Waals surface area contributed by atoms with Crippen molar-refractivity contribution in [1.82, 2.24) is 0 Å². The third-order valence-corrected chi connectivity index (χ3v) is 4.44. The van der Waals surface area contributed by atoms with Gasteiger partial charge in [-0.25, -0.2) is 0 Å². The molecule has 1 N–H and O–H groups in total. The lowest BCUT2D eigenvalue weighted by molar-refractivity contribution is 0.0913. The van der Waals surface area contributed by atoms with Gasteiger partial charge in [0.25, 0.3) is 0 Å². The third-order valence-electron chi connectivity index (χ3n) is 4.44. The number of aliphatic hydroxyl groups excluding tert-OH is 1. The van der Waals surface area contributed by atoms with E-state index in [0.717, 1.165) is 42.6 Å². The first-order chi connectivity index (χ1) is 10.0. The molecule has 21 heavy (non-hydrogen) atoms. The fourth-order valence-electron chi connectivity index (χ4n) is 3.07. The van der Waals surface area contributed by atoms with Crippen molar-refractivity contribution in [2.45, 2.75) is 65.6 Å². The summed E-state index contributed by atoms with van der Waals surface area (Å²) in [5.74, 6) is 1.26. The zero-order valence-electron chi connectivity index (χ0n) is 13.7. The number of ether oxygens (including phenoxy) is 1. The molecular weight excluding hydrogens is 260 g/mol. The second kappa shape index (κ2) is 7.13. The highest BCUT2D eigenvalue weighted by atomic mass is 16.5. The van der Waals surface area contributed by atoms with Crippen LogP contribution < -0.4 is 4.74 Å². The second-order valence-electron chi connectivity index (χ2n) is 6.42. The minimum absolute atomic E-state index is 0.156. The van der Waals surface area contributed by atoms with E-state index >= 15 is 0 Å². The van der Waals surface area contributed by atoms with Crippen molar-refractivity contribution in [2.24, 2.45) is 5.92 Å². The summed E-state index contributed by atoms with van der Waals surface area (Å²) in [4.78, 5) is 0. The number of aryl methyl sites for hydroxylation is 1. The molecule has 116 valence electrons. The quantitative estimate of drug-likeness (QED) is 0.794. The first-order valence-corrected chi connectivity index (χ1v) is 8.10. The highest BCUT2D eigenvalue weighted by molar-refractivity contribution is 5.38. The van der Waals surface area contributed by atoms with Gasteiger partial charge in [0.15, 0.2) is 0 Å². The Morgan fingerprint density at radius 2 is 1.90 bits per heavy atom. The van der Waals surface area contributed by atoms with E-state index in [9.17, 15) is 5.11 Å². The first-order valence-electron chi connectivity index (χ1n) is 8.10. The van der Waals surface area contributed by atoms with Crippen molar-refractivity contribution in [3.63, 3.8) is 0 Å². The molecule has 1 aliphatic carbocycles. The lowest BCUT2D eigenvalue weighted by atomic mass is 9.80. The van der Waals surface area contributed by atoms with Gasteiger partial charge in [-0.05, 0) is 76.5 Å². The Morgan fingerprint density at radius 3 is 2.48 bits per heavy atom. The molecule has 0 saturated heterocycles. The number of aliphatic hydroxyl groups is 1. The number of allylic oxidation sites excluding steroid dienone is 2. The molecule has 0 heterocycles. The van der Waals surface area contributed by atoms with Crippen LogP contribution in [-0.2, 0) is 0 Å². The van der Waals surface area contributed by atoms with Crippen molar-refractivity contribution in [1.29, 1.82) is 0 Å². The van der Waals surface area contributed by atoms with Crippen LogP contribution in [0.1, 0.15) is 63.7 Å². The van der Waals surface area contributed by atoms with E-state index in [4.69, 9.17) is 4.74 Å². The van der Waals surface area contributed by atoms with E-state index < -0.39 is 0 Å². The normalized spacial score (nSPS) is 20.5. The predicted octanol–water partition coefficient (Wildman–Crippen LogP) is 4.95. The van der Waals surface area contributed by atoms with Crippen LogP contribution in [-0.4, -0.2) is 11.2 Å². The highest BCUT2D eigenvalue weighted by Crippen LogP contribution is 2.37. The average molecular weight is 288 g/mol. The Kier molecular flexibility index (Phi) is 5.46. The van der Waals surface area contributed by atoms with E-state index in [0.29, 0.717) is 5.92 Å². The molecule has 0 bridgehead atoms. The molecule has 0 spiro atoms. The van der Waals surface area contributed by atoms with Crippen molar-refractivity contribution in [3.8, 4) is 5.75 Å². The molecule has 2 heteroatoms. The largest absolute Gasteiger partial charge is 0.491 e. The van der Waals surface area contributed by atoms with Crippen LogP contribution in [0.2, 0.25) is 0 Å². The Hall–Kier alpha value is -1.28. The summed E-state index contributed by atoms with van der Waals surface area (Å²) in [7, 11) is 0. The van der Waals surface area contributed by atoms with E-state index in [1.165, 1.54) is 5.57 Å². The maximum atomic E-state index is 10.7. The molecular formula is C19H28O2. The lowest BCUT2D eigenvalue weighted by Crippen LogP contribution is -2.17. The molecule has 1 fully saturated rings. The van der Waals surface area contributed by atoms with E-state index in [-0.39, 0.29) is 12.2 Å². The molecule has 1 unspecified atom stereocenters. The summed E-state index contributed by atoms with van der Waals surface area (Å²) in [6.45, 7) is 8.22. The lowest BCUT2D eigenvalue weighted by Gasteiger charge is -2.28. The molecule has 1 saturated carbocycles. The van der Waals surface area contributed by atoms with Gasteiger partial charge in [0, 0.05) is 0 Å². The minimum Gasteiger partial charge on any atom is -0.491 e. The van der Waals surface area contributed by atoms with Crippen LogP contribution in [0.25, 0.3) is 0 Å². The molecule has 2 nitrogen and oxygen atoms in total. The predicted molar refractivity (Wildman–Crippen MR) is 87.6 cm³/mol. The Balaban J connectivity index is 2.10. The van der Waals surface area contributed by atoms with Crippen LogP contribution in [0.15, 0.2) is 29.8 Å². The topological polar surface area (TPSA) is 29.5 Å². The zero-order valence-corrected chi connectivity index (χ0v) is 13.7. The molecule has 1 aliphatic rings. The van der Waals surface area contributed by atoms with E-state index in [1.54, 1.807) is 0 Å². The molecule has 0 aromatic heterocycles. The number of hydrogen-bond donors (Lipinski definition) is 1.